The molecule has 1 aromatic heterocycles. The number of amides is 2. The number of ether oxygens (including phenoxy) is 1. The van der Waals surface area contributed by atoms with Gasteiger partial charge in [0.05, 0.1) is 24.4 Å². The molecule has 0 bridgehead atoms. The number of hydrogen-bond donors (Lipinski definition) is 2. The first kappa shape index (κ1) is 16.3. The number of carbonyl (C=O) groups is 1. The maximum atomic E-state index is 11.8. The number of rotatable bonds is 6. The zero-order chi connectivity index (χ0) is 15.9. The molecule has 0 aliphatic carbocycles. The van der Waals surface area contributed by atoms with E-state index in [1.807, 2.05) is 29.6 Å². The summed E-state index contributed by atoms with van der Waals surface area (Å²) in [6.07, 6.45) is 0. The first-order valence-electron chi connectivity index (χ1n) is 7.18. The highest BCUT2D eigenvalue weighted by molar-refractivity contribution is 7.09. The van der Waals surface area contributed by atoms with Gasteiger partial charge in [-0.25, -0.2) is 9.78 Å². The van der Waals surface area contributed by atoms with Gasteiger partial charge in [-0.3, -0.25) is 0 Å². The number of aromatic nitrogens is 1. The summed E-state index contributed by atoms with van der Waals surface area (Å²) in [7, 11) is 1.62. The van der Waals surface area contributed by atoms with Crippen molar-refractivity contribution in [2.24, 2.45) is 0 Å². The summed E-state index contributed by atoms with van der Waals surface area (Å²) in [4.78, 5) is 16.3. The van der Waals surface area contributed by atoms with Crippen LogP contribution >= 0.6 is 11.3 Å². The van der Waals surface area contributed by atoms with Crippen molar-refractivity contribution >= 4 is 17.4 Å². The van der Waals surface area contributed by atoms with Crippen molar-refractivity contribution in [2.45, 2.75) is 32.9 Å². The molecule has 0 saturated heterocycles. The van der Waals surface area contributed by atoms with Gasteiger partial charge >= 0.3 is 6.03 Å². The topological polar surface area (TPSA) is 63.2 Å². The van der Waals surface area contributed by atoms with E-state index in [4.69, 9.17) is 4.74 Å². The number of hydrogen-bond acceptors (Lipinski definition) is 4. The zero-order valence-electron chi connectivity index (χ0n) is 13.1. The Morgan fingerprint density at radius 3 is 2.68 bits per heavy atom. The van der Waals surface area contributed by atoms with Gasteiger partial charge in [-0.2, -0.15) is 0 Å². The lowest BCUT2D eigenvalue weighted by atomic mass is 10.2. The predicted octanol–water partition coefficient (Wildman–Crippen LogP) is 3.27. The molecule has 2 rings (SSSR count). The molecular weight excluding hydrogens is 298 g/mol. The SMILES string of the molecule is COc1ccccc1CNC(=O)NCc1csc(C(C)C)n1. The number of para-hydroxylation sites is 1. The van der Waals surface area contributed by atoms with Crippen LogP contribution in [0.5, 0.6) is 5.75 Å². The molecule has 0 saturated carbocycles. The van der Waals surface area contributed by atoms with E-state index in [1.54, 1.807) is 18.4 Å². The van der Waals surface area contributed by atoms with Crippen molar-refractivity contribution in [1.82, 2.24) is 15.6 Å². The van der Waals surface area contributed by atoms with E-state index in [0.29, 0.717) is 19.0 Å². The third kappa shape index (κ3) is 4.46. The van der Waals surface area contributed by atoms with Crippen molar-refractivity contribution in [3.05, 3.63) is 45.9 Å². The van der Waals surface area contributed by atoms with Gasteiger partial charge < -0.3 is 15.4 Å². The standard InChI is InChI=1S/C16H21N3O2S/c1-11(2)15-19-13(10-22-15)9-18-16(20)17-8-12-6-4-5-7-14(12)21-3/h4-7,10-11H,8-9H2,1-3H3,(H2,17,18,20). The maximum absolute atomic E-state index is 11.8. The third-order valence-electron chi connectivity index (χ3n) is 3.13. The predicted molar refractivity (Wildman–Crippen MR) is 88.3 cm³/mol. The summed E-state index contributed by atoms with van der Waals surface area (Å²) >= 11 is 1.63. The largest absolute Gasteiger partial charge is 0.496 e. The summed E-state index contributed by atoms with van der Waals surface area (Å²) in [5, 5.41) is 8.70. The van der Waals surface area contributed by atoms with Gasteiger partial charge in [-0.15, -0.1) is 11.3 Å². The minimum Gasteiger partial charge on any atom is -0.496 e. The number of nitrogens with one attached hydrogen (secondary N) is 2. The fourth-order valence-corrected chi connectivity index (χ4v) is 2.76. The molecule has 1 heterocycles. The van der Waals surface area contributed by atoms with Crippen LogP contribution in [0.15, 0.2) is 29.6 Å². The van der Waals surface area contributed by atoms with E-state index in [1.165, 1.54) is 0 Å². The number of nitrogens with zero attached hydrogens (tertiary/aromatic N) is 1. The van der Waals surface area contributed by atoms with E-state index in [0.717, 1.165) is 22.0 Å². The highest BCUT2D eigenvalue weighted by Crippen LogP contribution is 2.19. The molecular formula is C16H21N3O2S. The molecule has 2 N–H and O–H groups in total. The van der Waals surface area contributed by atoms with Crippen LogP contribution in [0.1, 0.15) is 36.0 Å². The molecule has 0 aliphatic rings. The van der Waals surface area contributed by atoms with Crippen LogP contribution in [0, 0.1) is 0 Å². The Balaban J connectivity index is 1.80. The van der Waals surface area contributed by atoms with E-state index in [-0.39, 0.29) is 6.03 Å². The average molecular weight is 319 g/mol. The van der Waals surface area contributed by atoms with E-state index in [9.17, 15) is 4.79 Å². The molecule has 0 radical (unpaired) electrons. The van der Waals surface area contributed by atoms with Crippen molar-refractivity contribution in [1.29, 1.82) is 0 Å². The Labute approximate surface area is 134 Å². The molecule has 1 aromatic carbocycles. The molecule has 0 fully saturated rings. The van der Waals surface area contributed by atoms with Crippen LogP contribution in [0.25, 0.3) is 0 Å². The number of urea groups is 1. The monoisotopic (exact) mass is 319 g/mol. The molecule has 2 amide bonds. The first-order chi connectivity index (χ1) is 10.6. The Kier molecular flexibility index (Phi) is 5.77. The fraction of sp³-hybridized carbons (Fsp3) is 0.375. The Morgan fingerprint density at radius 1 is 1.27 bits per heavy atom. The Morgan fingerprint density at radius 2 is 2.00 bits per heavy atom. The van der Waals surface area contributed by atoms with Gasteiger partial charge in [0, 0.05) is 23.4 Å². The minimum atomic E-state index is -0.218. The Bertz CT molecular complexity index is 625. The number of methoxy groups -OCH3 is 1. The molecule has 5 nitrogen and oxygen atoms in total. The molecule has 0 aliphatic heterocycles. The molecule has 22 heavy (non-hydrogen) atoms. The fourth-order valence-electron chi connectivity index (χ4n) is 1.93. The molecule has 0 spiro atoms. The lowest BCUT2D eigenvalue weighted by Gasteiger charge is -2.10. The third-order valence-corrected chi connectivity index (χ3v) is 4.32. The van der Waals surface area contributed by atoms with Crippen LogP contribution in [0.3, 0.4) is 0 Å². The van der Waals surface area contributed by atoms with Gasteiger partial charge in [-0.05, 0) is 6.07 Å². The second-order valence-electron chi connectivity index (χ2n) is 5.18. The van der Waals surface area contributed by atoms with Crippen LogP contribution in [0.4, 0.5) is 4.79 Å². The zero-order valence-corrected chi connectivity index (χ0v) is 13.9. The van der Waals surface area contributed by atoms with E-state index in [2.05, 4.69) is 29.5 Å². The van der Waals surface area contributed by atoms with Crippen LogP contribution in [-0.2, 0) is 13.1 Å². The van der Waals surface area contributed by atoms with Crippen LogP contribution in [-0.4, -0.2) is 18.1 Å². The van der Waals surface area contributed by atoms with Crippen LogP contribution in [0.2, 0.25) is 0 Å². The van der Waals surface area contributed by atoms with Crippen molar-refractivity contribution in [3.63, 3.8) is 0 Å². The molecule has 6 heteroatoms. The number of benzene rings is 1. The average Bonchev–Trinajstić information content (AvgIpc) is 3.00. The first-order valence-corrected chi connectivity index (χ1v) is 8.06. The van der Waals surface area contributed by atoms with E-state index >= 15 is 0 Å². The van der Waals surface area contributed by atoms with Crippen molar-refractivity contribution < 1.29 is 9.53 Å². The number of thiazole rings is 1. The van der Waals surface area contributed by atoms with Gasteiger partial charge in [0.1, 0.15) is 5.75 Å². The summed E-state index contributed by atoms with van der Waals surface area (Å²) < 4.78 is 5.25. The van der Waals surface area contributed by atoms with Gasteiger partial charge in [0.2, 0.25) is 0 Å². The second kappa shape index (κ2) is 7.79. The number of carbonyl (C=O) groups excluding carboxylic acids is 1. The lowest BCUT2D eigenvalue weighted by molar-refractivity contribution is 0.240. The summed E-state index contributed by atoms with van der Waals surface area (Å²) in [6.45, 7) is 5.07. The van der Waals surface area contributed by atoms with E-state index < -0.39 is 0 Å². The van der Waals surface area contributed by atoms with Gasteiger partial charge in [-0.1, -0.05) is 32.0 Å². The van der Waals surface area contributed by atoms with Crippen molar-refractivity contribution in [3.8, 4) is 5.75 Å². The summed E-state index contributed by atoms with van der Waals surface area (Å²) in [6, 6.07) is 7.40. The second-order valence-corrected chi connectivity index (χ2v) is 6.07. The van der Waals surface area contributed by atoms with Crippen molar-refractivity contribution in [2.75, 3.05) is 7.11 Å². The van der Waals surface area contributed by atoms with Gasteiger partial charge in [0.25, 0.3) is 0 Å². The normalized spacial score (nSPS) is 10.5. The Hall–Kier alpha value is -2.08. The summed E-state index contributed by atoms with van der Waals surface area (Å²) in [5.41, 5.74) is 1.83. The quantitative estimate of drug-likeness (QED) is 0.859. The summed E-state index contributed by atoms with van der Waals surface area (Å²) in [5.74, 6) is 1.18. The van der Waals surface area contributed by atoms with Gasteiger partial charge in [0.15, 0.2) is 0 Å². The molecule has 118 valence electrons. The maximum Gasteiger partial charge on any atom is 0.315 e. The molecule has 0 atom stereocenters. The smallest absolute Gasteiger partial charge is 0.315 e. The highest BCUT2D eigenvalue weighted by atomic mass is 32.1. The molecule has 2 aromatic rings. The molecule has 0 unspecified atom stereocenters. The minimum absolute atomic E-state index is 0.218. The van der Waals surface area contributed by atoms with Crippen LogP contribution < -0.4 is 15.4 Å². The lowest BCUT2D eigenvalue weighted by Crippen LogP contribution is -2.34. The highest BCUT2D eigenvalue weighted by Gasteiger charge is 2.08.